The molecule has 0 radical (unpaired) electrons. The molecule has 102 valence electrons. The number of alkyl halides is 3. The maximum atomic E-state index is 12.5. The number of benzene rings is 1. The van der Waals surface area contributed by atoms with E-state index in [0.29, 0.717) is 6.54 Å². The number of likely N-dealkylation sites (N-methyl/N-ethyl adjacent to an activating group) is 1. The number of ether oxygens (including phenoxy) is 1. The van der Waals surface area contributed by atoms with Gasteiger partial charge in [0.1, 0.15) is 0 Å². The van der Waals surface area contributed by atoms with Crippen LogP contribution in [0.3, 0.4) is 0 Å². The van der Waals surface area contributed by atoms with E-state index in [-0.39, 0.29) is 0 Å². The van der Waals surface area contributed by atoms with Crippen molar-refractivity contribution in [1.29, 1.82) is 0 Å². The van der Waals surface area contributed by atoms with E-state index in [1.807, 2.05) is 19.1 Å². The summed E-state index contributed by atoms with van der Waals surface area (Å²) in [7, 11) is 1.68. The maximum absolute atomic E-state index is 12.5. The van der Waals surface area contributed by atoms with Gasteiger partial charge in [0, 0.05) is 6.54 Å². The predicted molar refractivity (Wildman–Crippen MR) is 64.4 cm³/mol. The molecule has 1 aromatic rings. The molecule has 2 atom stereocenters. The Morgan fingerprint density at radius 2 is 1.78 bits per heavy atom. The smallest absolute Gasteiger partial charge is 0.360 e. The monoisotopic (exact) mass is 261 g/mol. The van der Waals surface area contributed by atoms with Crippen molar-refractivity contribution in [2.45, 2.75) is 32.2 Å². The van der Waals surface area contributed by atoms with Gasteiger partial charge in [0.25, 0.3) is 0 Å². The highest BCUT2D eigenvalue weighted by Crippen LogP contribution is 2.28. The van der Waals surface area contributed by atoms with Crippen molar-refractivity contribution < 1.29 is 17.9 Å². The number of aryl methyl sites for hydroxylation is 1. The van der Waals surface area contributed by atoms with Crippen molar-refractivity contribution in [1.82, 2.24) is 5.32 Å². The molecule has 0 aliphatic heterocycles. The first-order chi connectivity index (χ1) is 8.34. The predicted octanol–water partition coefficient (Wildman–Crippen LogP) is 3.22. The van der Waals surface area contributed by atoms with Crippen LogP contribution in [-0.2, 0) is 4.74 Å². The van der Waals surface area contributed by atoms with E-state index in [1.54, 1.807) is 19.2 Å². The van der Waals surface area contributed by atoms with Crippen LogP contribution >= 0.6 is 0 Å². The third-order valence-electron chi connectivity index (χ3n) is 2.67. The molecule has 0 bridgehead atoms. The van der Waals surface area contributed by atoms with Crippen molar-refractivity contribution in [3.8, 4) is 0 Å². The first-order valence-electron chi connectivity index (χ1n) is 5.78. The van der Waals surface area contributed by atoms with Gasteiger partial charge in [0.2, 0.25) is 0 Å². The van der Waals surface area contributed by atoms with Crippen molar-refractivity contribution in [2.75, 3.05) is 13.6 Å². The molecule has 0 saturated carbocycles. The van der Waals surface area contributed by atoms with Crippen LogP contribution in [0.4, 0.5) is 13.2 Å². The zero-order valence-corrected chi connectivity index (χ0v) is 10.7. The van der Waals surface area contributed by atoms with Crippen LogP contribution in [0.2, 0.25) is 0 Å². The fourth-order valence-electron chi connectivity index (χ4n) is 1.53. The van der Waals surface area contributed by atoms with Gasteiger partial charge >= 0.3 is 6.18 Å². The molecule has 2 nitrogen and oxygen atoms in total. The van der Waals surface area contributed by atoms with E-state index < -0.39 is 18.4 Å². The highest BCUT2D eigenvalue weighted by atomic mass is 19.4. The molecule has 0 fully saturated rings. The summed E-state index contributed by atoms with van der Waals surface area (Å²) in [6.07, 6.45) is -6.72. The van der Waals surface area contributed by atoms with Crippen LogP contribution in [0, 0.1) is 6.92 Å². The first kappa shape index (κ1) is 15.0. The summed E-state index contributed by atoms with van der Waals surface area (Å²) < 4.78 is 42.5. The average molecular weight is 261 g/mol. The molecular weight excluding hydrogens is 243 g/mol. The maximum Gasteiger partial charge on any atom is 0.414 e. The van der Waals surface area contributed by atoms with Gasteiger partial charge in [-0.25, -0.2) is 0 Å². The third kappa shape index (κ3) is 4.31. The molecule has 0 aliphatic rings. The summed E-state index contributed by atoms with van der Waals surface area (Å²) in [5, 5.41) is 2.85. The highest BCUT2D eigenvalue weighted by molar-refractivity contribution is 5.23. The van der Waals surface area contributed by atoms with Crippen molar-refractivity contribution in [3.63, 3.8) is 0 Å². The van der Waals surface area contributed by atoms with Gasteiger partial charge in [-0.3, -0.25) is 0 Å². The van der Waals surface area contributed by atoms with Crippen LogP contribution in [0.1, 0.15) is 24.2 Å². The Hall–Kier alpha value is -1.07. The second-order valence-electron chi connectivity index (χ2n) is 4.28. The molecule has 18 heavy (non-hydrogen) atoms. The van der Waals surface area contributed by atoms with Crippen molar-refractivity contribution in [3.05, 3.63) is 35.4 Å². The molecule has 0 heterocycles. The molecule has 1 rings (SSSR count). The van der Waals surface area contributed by atoms with E-state index in [2.05, 4.69) is 5.32 Å². The summed E-state index contributed by atoms with van der Waals surface area (Å²) in [4.78, 5) is 0. The molecule has 0 spiro atoms. The Morgan fingerprint density at radius 1 is 1.22 bits per heavy atom. The third-order valence-corrected chi connectivity index (χ3v) is 2.67. The van der Waals surface area contributed by atoms with E-state index >= 15 is 0 Å². The Labute approximate surface area is 105 Å². The SMILES string of the molecule is CNCC(OC(C)C(F)(F)F)c1ccc(C)cc1. The first-order valence-corrected chi connectivity index (χ1v) is 5.78. The Balaban J connectivity index is 2.80. The number of hydrogen-bond donors (Lipinski definition) is 1. The zero-order chi connectivity index (χ0) is 13.8. The Kier molecular flexibility index (Phi) is 5.16. The van der Waals surface area contributed by atoms with E-state index in [0.717, 1.165) is 18.1 Å². The summed E-state index contributed by atoms with van der Waals surface area (Å²) in [6.45, 7) is 3.29. The largest absolute Gasteiger partial charge is 0.414 e. The molecular formula is C13H18F3NO. The topological polar surface area (TPSA) is 21.3 Å². The molecule has 0 saturated heterocycles. The van der Waals surface area contributed by atoms with Gasteiger partial charge < -0.3 is 10.1 Å². The normalized spacial score (nSPS) is 15.4. The van der Waals surface area contributed by atoms with Crippen molar-refractivity contribution in [2.24, 2.45) is 0 Å². The van der Waals surface area contributed by atoms with Crippen LogP contribution in [0.5, 0.6) is 0 Å². The number of hydrogen-bond acceptors (Lipinski definition) is 2. The van der Waals surface area contributed by atoms with E-state index in [9.17, 15) is 13.2 Å². The lowest BCUT2D eigenvalue weighted by Gasteiger charge is -2.24. The lowest BCUT2D eigenvalue weighted by molar-refractivity contribution is -0.227. The second-order valence-corrected chi connectivity index (χ2v) is 4.28. The van der Waals surface area contributed by atoms with Crippen LogP contribution in [0.25, 0.3) is 0 Å². The molecule has 0 aliphatic carbocycles. The van der Waals surface area contributed by atoms with Gasteiger partial charge in [0.05, 0.1) is 6.10 Å². The average Bonchev–Trinajstić information content (AvgIpc) is 2.28. The minimum absolute atomic E-state index is 0.337. The number of nitrogens with one attached hydrogen (secondary N) is 1. The van der Waals surface area contributed by atoms with Crippen molar-refractivity contribution >= 4 is 0 Å². The molecule has 1 N–H and O–H groups in total. The van der Waals surface area contributed by atoms with Gasteiger partial charge in [-0.05, 0) is 26.5 Å². The van der Waals surface area contributed by atoms with Gasteiger partial charge in [-0.1, -0.05) is 29.8 Å². The summed E-state index contributed by atoms with van der Waals surface area (Å²) in [6, 6.07) is 7.31. The molecule has 1 aromatic carbocycles. The van der Waals surface area contributed by atoms with E-state index in [4.69, 9.17) is 4.74 Å². The van der Waals surface area contributed by atoms with E-state index in [1.165, 1.54) is 0 Å². The molecule has 0 amide bonds. The second kappa shape index (κ2) is 6.20. The summed E-state index contributed by atoms with van der Waals surface area (Å²) in [5.74, 6) is 0. The summed E-state index contributed by atoms with van der Waals surface area (Å²) >= 11 is 0. The number of halogens is 3. The van der Waals surface area contributed by atoms with Crippen LogP contribution in [-0.4, -0.2) is 25.9 Å². The van der Waals surface area contributed by atoms with Gasteiger partial charge in [-0.15, -0.1) is 0 Å². The highest BCUT2D eigenvalue weighted by Gasteiger charge is 2.38. The van der Waals surface area contributed by atoms with Gasteiger partial charge in [0.15, 0.2) is 6.10 Å². The molecule has 5 heteroatoms. The lowest BCUT2D eigenvalue weighted by Crippen LogP contribution is -2.32. The molecule has 0 aromatic heterocycles. The fraction of sp³-hybridized carbons (Fsp3) is 0.538. The Bertz CT molecular complexity index is 361. The quantitative estimate of drug-likeness (QED) is 0.878. The van der Waals surface area contributed by atoms with Crippen LogP contribution in [0.15, 0.2) is 24.3 Å². The van der Waals surface area contributed by atoms with Crippen LogP contribution < -0.4 is 5.32 Å². The number of rotatable bonds is 5. The minimum Gasteiger partial charge on any atom is -0.360 e. The standard InChI is InChI=1S/C13H18F3NO/c1-9-4-6-11(7-5-9)12(8-17-3)18-10(2)13(14,15)16/h4-7,10,12,17H,8H2,1-3H3. The fourth-order valence-corrected chi connectivity index (χ4v) is 1.53. The Morgan fingerprint density at radius 3 is 2.22 bits per heavy atom. The lowest BCUT2D eigenvalue weighted by atomic mass is 10.1. The summed E-state index contributed by atoms with van der Waals surface area (Å²) in [5.41, 5.74) is 1.80. The van der Waals surface area contributed by atoms with Gasteiger partial charge in [-0.2, -0.15) is 13.2 Å². The molecule has 2 unspecified atom stereocenters. The zero-order valence-electron chi connectivity index (χ0n) is 10.7. The minimum atomic E-state index is -4.34.